The first-order valence-corrected chi connectivity index (χ1v) is 16.8. The zero-order valence-electron chi connectivity index (χ0n) is 27.5. The van der Waals surface area contributed by atoms with Crippen molar-refractivity contribution < 1.29 is 29.7 Å². The van der Waals surface area contributed by atoms with E-state index in [0.29, 0.717) is 48.1 Å². The van der Waals surface area contributed by atoms with E-state index in [9.17, 15) is 29.7 Å². The van der Waals surface area contributed by atoms with Gasteiger partial charge in [-0.1, -0.05) is 119 Å². The van der Waals surface area contributed by atoms with Crippen LogP contribution in [0.2, 0.25) is 0 Å². The fourth-order valence-electron chi connectivity index (χ4n) is 6.07. The van der Waals surface area contributed by atoms with Crippen molar-refractivity contribution in [1.82, 2.24) is 0 Å². The Bertz CT molecular complexity index is 917. The first-order valence-electron chi connectivity index (χ1n) is 16.8. The molecule has 0 radical (unpaired) electrons. The van der Waals surface area contributed by atoms with Gasteiger partial charge in [0.1, 0.15) is 0 Å². The van der Waals surface area contributed by atoms with Crippen molar-refractivity contribution in [3.8, 4) is 0 Å². The van der Waals surface area contributed by atoms with Crippen LogP contribution in [0, 0.1) is 17.8 Å². The van der Waals surface area contributed by atoms with Gasteiger partial charge >= 0.3 is 17.9 Å². The Hall–Kier alpha value is -2.37. The second kappa shape index (κ2) is 20.5. The van der Waals surface area contributed by atoms with Gasteiger partial charge in [-0.05, 0) is 73.0 Å². The van der Waals surface area contributed by atoms with E-state index in [1.54, 1.807) is 0 Å². The molecule has 0 aliphatic rings. The number of hydrogen-bond acceptors (Lipinski definition) is 3. The van der Waals surface area contributed by atoms with Crippen molar-refractivity contribution in [2.45, 2.75) is 157 Å². The van der Waals surface area contributed by atoms with Crippen LogP contribution in [0.3, 0.4) is 0 Å². The van der Waals surface area contributed by atoms with Crippen LogP contribution in [-0.2, 0) is 19.3 Å². The highest BCUT2D eigenvalue weighted by atomic mass is 16.4. The monoisotopic (exact) mass is 588 g/mol. The number of carboxylic acids is 3. The standard InChI is InChI=1S/C36H60O6/c1-25(2)19-13-7-10-16-22-28-29(23-17-11-8-14-20-26(3)4)31(34(37)38)33(36(41)42)32(35(39)40)30(28)24-18-12-9-15-21-27(5)6/h25-27H,7-24H2,1-6H3,(H,37,38)(H,39,40)(H,41,42). The lowest BCUT2D eigenvalue weighted by Crippen LogP contribution is -2.23. The van der Waals surface area contributed by atoms with E-state index >= 15 is 0 Å². The molecule has 0 aliphatic carbocycles. The third kappa shape index (κ3) is 13.7. The summed E-state index contributed by atoms with van der Waals surface area (Å²) in [6.45, 7) is 13.3. The lowest BCUT2D eigenvalue weighted by atomic mass is 9.80. The Labute approximate surface area is 255 Å². The van der Waals surface area contributed by atoms with Crippen molar-refractivity contribution in [3.63, 3.8) is 0 Å². The summed E-state index contributed by atoms with van der Waals surface area (Å²) in [5, 5.41) is 30.7. The van der Waals surface area contributed by atoms with Crippen LogP contribution in [0.15, 0.2) is 0 Å². The predicted molar refractivity (Wildman–Crippen MR) is 172 cm³/mol. The highest BCUT2D eigenvalue weighted by Crippen LogP contribution is 2.34. The zero-order chi connectivity index (χ0) is 31.7. The SMILES string of the molecule is CC(C)CCCCCCc1c(CCCCCCC(C)C)c(C(=O)O)c(C(=O)O)c(C(=O)O)c1CCCCCCC(C)C. The molecule has 0 fully saturated rings. The Balaban J connectivity index is 3.46. The predicted octanol–water partition coefficient (Wildman–Crippen LogP) is 10.2. The average Bonchev–Trinajstić information content (AvgIpc) is 2.89. The van der Waals surface area contributed by atoms with Crippen LogP contribution in [0.25, 0.3) is 0 Å². The Morgan fingerprint density at radius 1 is 0.405 bits per heavy atom. The smallest absolute Gasteiger partial charge is 0.337 e. The molecule has 0 saturated heterocycles. The molecule has 0 heterocycles. The van der Waals surface area contributed by atoms with Crippen LogP contribution in [-0.4, -0.2) is 33.2 Å². The lowest BCUT2D eigenvalue weighted by Gasteiger charge is -2.23. The highest BCUT2D eigenvalue weighted by Gasteiger charge is 2.33. The number of carbonyl (C=O) groups is 3. The molecule has 6 heteroatoms. The molecule has 0 unspecified atom stereocenters. The van der Waals surface area contributed by atoms with Crippen molar-refractivity contribution in [2.24, 2.45) is 17.8 Å². The summed E-state index contributed by atoms with van der Waals surface area (Å²) in [7, 11) is 0. The molecule has 0 aromatic heterocycles. The molecule has 1 aromatic rings. The third-order valence-corrected chi connectivity index (χ3v) is 8.35. The van der Waals surface area contributed by atoms with Crippen molar-refractivity contribution >= 4 is 17.9 Å². The Morgan fingerprint density at radius 3 is 0.929 bits per heavy atom. The number of benzene rings is 1. The summed E-state index contributed by atoms with van der Waals surface area (Å²) in [6.07, 6.45) is 16.8. The van der Waals surface area contributed by atoms with E-state index in [4.69, 9.17) is 0 Å². The van der Waals surface area contributed by atoms with Gasteiger partial charge in [-0.3, -0.25) is 0 Å². The van der Waals surface area contributed by atoms with E-state index in [1.165, 1.54) is 6.42 Å². The topological polar surface area (TPSA) is 112 Å². The second-order valence-corrected chi connectivity index (χ2v) is 13.5. The van der Waals surface area contributed by atoms with E-state index in [-0.39, 0.29) is 11.1 Å². The first kappa shape index (κ1) is 37.7. The number of aromatic carboxylic acids is 3. The van der Waals surface area contributed by atoms with E-state index < -0.39 is 23.5 Å². The van der Waals surface area contributed by atoms with Crippen LogP contribution in [0.1, 0.15) is 186 Å². The van der Waals surface area contributed by atoms with Gasteiger partial charge in [-0.2, -0.15) is 0 Å². The highest BCUT2D eigenvalue weighted by molar-refractivity contribution is 6.11. The molecule has 0 amide bonds. The molecule has 0 spiro atoms. The molecule has 1 rings (SSSR count). The molecule has 1 aromatic carbocycles. The molecule has 0 bridgehead atoms. The lowest BCUT2D eigenvalue weighted by molar-refractivity contribution is 0.0631. The number of hydrogen-bond donors (Lipinski definition) is 3. The van der Waals surface area contributed by atoms with Gasteiger partial charge in [0.2, 0.25) is 0 Å². The number of rotatable bonds is 24. The maximum Gasteiger partial charge on any atom is 0.337 e. The minimum atomic E-state index is -1.47. The Morgan fingerprint density at radius 2 is 0.667 bits per heavy atom. The molecule has 3 N–H and O–H groups in total. The van der Waals surface area contributed by atoms with Crippen molar-refractivity contribution in [2.75, 3.05) is 0 Å². The largest absolute Gasteiger partial charge is 0.478 e. The fraction of sp³-hybridized carbons (Fsp3) is 0.750. The molecule has 42 heavy (non-hydrogen) atoms. The summed E-state index contributed by atoms with van der Waals surface area (Å²) in [5.74, 6) is -2.22. The summed E-state index contributed by atoms with van der Waals surface area (Å²) >= 11 is 0. The van der Waals surface area contributed by atoms with Gasteiger partial charge in [-0.25, -0.2) is 14.4 Å². The Kier molecular flexibility index (Phi) is 18.4. The van der Waals surface area contributed by atoms with Crippen molar-refractivity contribution in [1.29, 1.82) is 0 Å². The zero-order valence-corrected chi connectivity index (χ0v) is 27.5. The fourth-order valence-corrected chi connectivity index (χ4v) is 6.07. The number of carboxylic acid groups (broad SMARTS) is 3. The van der Waals surface area contributed by atoms with Crippen LogP contribution in [0.5, 0.6) is 0 Å². The quantitative estimate of drug-likeness (QED) is 0.104. The number of unbranched alkanes of at least 4 members (excludes halogenated alkanes) is 9. The minimum Gasteiger partial charge on any atom is -0.478 e. The summed E-state index contributed by atoms with van der Waals surface area (Å²) in [6, 6.07) is 0. The first-order chi connectivity index (χ1) is 19.9. The molecule has 6 nitrogen and oxygen atoms in total. The van der Waals surface area contributed by atoms with Gasteiger partial charge in [-0.15, -0.1) is 0 Å². The normalized spacial score (nSPS) is 11.6. The van der Waals surface area contributed by atoms with Gasteiger partial charge in [0.15, 0.2) is 0 Å². The van der Waals surface area contributed by atoms with E-state index in [0.717, 1.165) is 95.5 Å². The third-order valence-electron chi connectivity index (χ3n) is 8.35. The summed E-state index contributed by atoms with van der Waals surface area (Å²) in [5.41, 5.74) is 0.759. The van der Waals surface area contributed by atoms with Crippen LogP contribution < -0.4 is 0 Å². The van der Waals surface area contributed by atoms with Gasteiger partial charge in [0.25, 0.3) is 0 Å². The molecular formula is C36H60O6. The van der Waals surface area contributed by atoms with Crippen LogP contribution >= 0.6 is 0 Å². The van der Waals surface area contributed by atoms with E-state index in [1.807, 2.05) is 0 Å². The maximum absolute atomic E-state index is 12.6. The molecule has 0 saturated carbocycles. The second-order valence-electron chi connectivity index (χ2n) is 13.5. The van der Waals surface area contributed by atoms with Gasteiger partial charge < -0.3 is 15.3 Å². The van der Waals surface area contributed by atoms with Crippen LogP contribution in [0.4, 0.5) is 0 Å². The maximum atomic E-state index is 12.6. The minimum absolute atomic E-state index is 0.308. The van der Waals surface area contributed by atoms with Gasteiger partial charge in [0.05, 0.1) is 16.7 Å². The molecular weight excluding hydrogens is 528 g/mol. The molecule has 0 atom stereocenters. The summed E-state index contributed by atoms with van der Waals surface area (Å²) < 4.78 is 0. The van der Waals surface area contributed by atoms with Gasteiger partial charge in [0, 0.05) is 0 Å². The summed E-state index contributed by atoms with van der Waals surface area (Å²) in [4.78, 5) is 37.7. The molecule has 0 aliphatic heterocycles. The molecule has 240 valence electrons. The van der Waals surface area contributed by atoms with E-state index in [2.05, 4.69) is 41.5 Å². The van der Waals surface area contributed by atoms with Crippen molar-refractivity contribution in [3.05, 3.63) is 33.4 Å². The average molecular weight is 589 g/mol.